The van der Waals surface area contributed by atoms with E-state index >= 15 is 0 Å². The molecule has 1 heterocycles. The molecular weight excluding hydrogens is 290 g/mol. The molecule has 0 unspecified atom stereocenters. The maximum absolute atomic E-state index is 12.9. The number of nitrogens with zero attached hydrogens (tertiary/aromatic N) is 1. The SMILES string of the molecule is Cc1oc(C)c(S(=O)(=O)N(C)C2CCC(C)CC2)c1CO. The Labute approximate surface area is 127 Å². The van der Waals surface area contributed by atoms with E-state index in [0.29, 0.717) is 23.0 Å². The Morgan fingerprint density at radius 1 is 1.19 bits per heavy atom. The smallest absolute Gasteiger partial charge is 0.246 e. The largest absolute Gasteiger partial charge is 0.465 e. The van der Waals surface area contributed by atoms with E-state index in [1.165, 1.54) is 4.31 Å². The van der Waals surface area contributed by atoms with Crippen LogP contribution in [0.3, 0.4) is 0 Å². The zero-order valence-corrected chi connectivity index (χ0v) is 14.0. The maximum Gasteiger partial charge on any atom is 0.246 e. The van der Waals surface area contributed by atoms with Crippen LogP contribution in [0, 0.1) is 19.8 Å². The van der Waals surface area contributed by atoms with Gasteiger partial charge in [-0.25, -0.2) is 8.42 Å². The minimum absolute atomic E-state index is 0.0346. The Balaban J connectivity index is 2.34. The van der Waals surface area contributed by atoms with Crippen molar-refractivity contribution < 1.29 is 17.9 Å². The third-order valence-corrected chi connectivity index (χ3v) is 6.73. The number of furan rings is 1. The summed E-state index contributed by atoms with van der Waals surface area (Å²) in [6.45, 7) is 5.20. The zero-order valence-electron chi connectivity index (χ0n) is 13.2. The monoisotopic (exact) mass is 315 g/mol. The van der Waals surface area contributed by atoms with Crippen LogP contribution in [-0.2, 0) is 16.6 Å². The first-order valence-corrected chi connectivity index (χ1v) is 8.90. The van der Waals surface area contributed by atoms with E-state index in [4.69, 9.17) is 4.42 Å². The van der Waals surface area contributed by atoms with Gasteiger partial charge < -0.3 is 9.52 Å². The fraction of sp³-hybridized carbons (Fsp3) is 0.733. The molecule has 1 aliphatic rings. The first-order chi connectivity index (χ1) is 9.78. The van der Waals surface area contributed by atoms with Gasteiger partial charge in [-0.2, -0.15) is 4.31 Å². The van der Waals surface area contributed by atoms with Crippen LogP contribution in [0.5, 0.6) is 0 Å². The second kappa shape index (κ2) is 6.10. The lowest BCUT2D eigenvalue weighted by molar-refractivity contribution is 0.245. The number of aryl methyl sites for hydroxylation is 2. The molecule has 0 radical (unpaired) electrons. The minimum atomic E-state index is -3.63. The predicted molar refractivity (Wildman–Crippen MR) is 80.5 cm³/mol. The van der Waals surface area contributed by atoms with E-state index in [9.17, 15) is 13.5 Å². The molecule has 1 aliphatic carbocycles. The standard InChI is InChI=1S/C15H25NO4S/c1-10-5-7-13(8-6-10)16(4)21(18,19)15-12(3)20-11(2)14(15)9-17/h10,13,17H,5-9H2,1-4H3. The summed E-state index contributed by atoms with van der Waals surface area (Å²) in [4.78, 5) is 0.142. The summed E-state index contributed by atoms with van der Waals surface area (Å²) in [6, 6.07) is 0.0346. The van der Waals surface area contributed by atoms with Crippen molar-refractivity contribution in [2.45, 2.75) is 64.0 Å². The molecule has 0 atom stereocenters. The number of hydrogen-bond donors (Lipinski definition) is 1. The minimum Gasteiger partial charge on any atom is -0.465 e. The number of sulfonamides is 1. The highest BCUT2D eigenvalue weighted by molar-refractivity contribution is 7.89. The lowest BCUT2D eigenvalue weighted by atomic mass is 9.87. The second-order valence-corrected chi connectivity index (χ2v) is 8.05. The second-order valence-electron chi connectivity index (χ2n) is 6.12. The van der Waals surface area contributed by atoms with Crippen molar-refractivity contribution >= 4 is 10.0 Å². The average Bonchev–Trinajstić information content (AvgIpc) is 2.73. The summed E-state index contributed by atoms with van der Waals surface area (Å²) in [6.07, 6.45) is 3.89. The van der Waals surface area contributed by atoms with Gasteiger partial charge in [0.25, 0.3) is 0 Å². The number of rotatable bonds is 4. The zero-order chi connectivity index (χ0) is 15.8. The van der Waals surface area contributed by atoms with Gasteiger partial charge in [0.05, 0.1) is 6.61 Å². The first kappa shape index (κ1) is 16.5. The third-order valence-electron chi connectivity index (χ3n) is 4.62. The Morgan fingerprint density at radius 3 is 2.29 bits per heavy atom. The predicted octanol–water partition coefficient (Wildman–Crippen LogP) is 2.59. The molecule has 120 valence electrons. The van der Waals surface area contributed by atoms with Crippen molar-refractivity contribution in [2.75, 3.05) is 7.05 Å². The summed E-state index contributed by atoms with van der Waals surface area (Å²) in [5.41, 5.74) is 0.378. The van der Waals surface area contributed by atoms with Crippen molar-refractivity contribution in [3.8, 4) is 0 Å². The van der Waals surface area contributed by atoms with Crippen LogP contribution in [0.1, 0.15) is 49.7 Å². The van der Waals surface area contributed by atoms with Crippen LogP contribution < -0.4 is 0 Å². The van der Waals surface area contributed by atoms with Crippen molar-refractivity contribution in [1.82, 2.24) is 4.31 Å². The molecule has 5 nitrogen and oxygen atoms in total. The molecule has 1 saturated carbocycles. The number of hydrogen-bond acceptors (Lipinski definition) is 4. The molecule has 1 fully saturated rings. The Morgan fingerprint density at radius 2 is 1.76 bits per heavy atom. The topological polar surface area (TPSA) is 70.8 Å². The van der Waals surface area contributed by atoms with Gasteiger partial charge in [-0.3, -0.25) is 0 Å². The van der Waals surface area contributed by atoms with Crippen LogP contribution in [0.25, 0.3) is 0 Å². The van der Waals surface area contributed by atoms with Gasteiger partial charge in [-0.05, 0) is 45.4 Å². The number of aliphatic hydroxyl groups is 1. The van der Waals surface area contributed by atoms with Crippen LogP contribution in [0.4, 0.5) is 0 Å². The van der Waals surface area contributed by atoms with Crippen LogP contribution in [0.15, 0.2) is 9.31 Å². The van der Waals surface area contributed by atoms with Crippen LogP contribution in [0.2, 0.25) is 0 Å². The van der Waals surface area contributed by atoms with Crippen molar-refractivity contribution in [2.24, 2.45) is 5.92 Å². The van der Waals surface area contributed by atoms with E-state index in [-0.39, 0.29) is 17.5 Å². The van der Waals surface area contributed by atoms with Crippen LogP contribution >= 0.6 is 0 Å². The van der Waals surface area contributed by atoms with Gasteiger partial charge in [0.2, 0.25) is 10.0 Å². The molecular formula is C15H25NO4S. The fourth-order valence-corrected chi connectivity index (χ4v) is 4.99. The normalized spacial score (nSPS) is 23.7. The molecule has 2 rings (SSSR count). The molecule has 6 heteroatoms. The van der Waals surface area contributed by atoms with Crippen LogP contribution in [-0.4, -0.2) is 30.9 Å². The quantitative estimate of drug-likeness (QED) is 0.927. The van der Waals surface area contributed by atoms with Crippen molar-refractivity contribution in [1.29, 1.82) is 0 Å². The number of aliphatic hydroxyl groups excluding tert-OH is 1. The summed E-state index contributed by atoms with van der Waals surface area (Å²) >= 11 is 0. The maximum atomic E-state index is 12.9. The van der Waals surface area contributed by atoms with E-state index in [1.807, 2.05) is 0 Å². The summed E-state index contributed by atoms with van der Waals surface area (Å²) < 4.78 is 32.6. The Bertz CT molecular complexity index is 597. The van der Waals surface area contributed by atoms with Crippen molar-refractivity contribution in [3.63, 3.8) is 0 Å². The van der Waals surface area contributed by atoms with Gasteiger partial charge in [-0.15, -0.1) is 0 Å². The molecule has 21 heavy (non-hydrogen) atoms. The summed E-state index contributed by atoms with van der Waals surface area (Å²) in [7, 11) is -1.99. The molecule has 0 aromatic carbocycles. The lowest BCUT2D eigenvalue weighted by Crippen LogP contribution is -2.39. The molecule has 0 spiro atoms. The molecule has 1 N–H and O–H groups in total. The third kappa shape index (κ3) is 3.03. The van der Waals surface area contributed by atoms with E-state index < -0.39 is 10.0 Å². The van der Waals surface area contributed by atoms with Gasteiger partial charge in [0, 0.05) is 18.7 Å². The highest BCUT2D eigenvalue weighted by atomic mass is 32.2. The van der Waals surface area contributed by atoms with Gasteiger partial charge in [0.15, 0.2) is 0 Å². The Kier molecular flexibility index (Phi) is 4.80. The summed E-state index contributed by atoms with van der Waals surface area (Å²) in [5.74, 6) is 1.50. The molecule has 0 amide bonds. The molecule has 0 saturated heterocycles. The molecule has 1 aromatic rings. The highest BCUT2D eigenvalue weighted by Gasteiger charge is 2.35. The van der Waals surface area contributed by atoms with Gasteiger partial charge in [-0.1, -0.05) is 6.92 Å². The highest BCUT2D eigenvalue weighted by Crippen LogP contribution is 2.33. The first-order valence-electron chi connectivity index (χ1n) is 7.46. The van der Waals surface area contributed by atoms with E-state index in [1.54, 1.807) is 20.9 Å². The van der Waals surface area contributed by atoms with Gasteiger partial charge >= 0.3 is 0 Å². The fourth-order valence-electron chi connectivity index (χ4n) is 3.18. The van der Waals surface area contributed by atoms with Gasteiger partial charge in [0.1, 0.15) is 16.4 Å². The van der Waals surface area contributed by atoms with E-state index in [0.717, 1.165) is 25.7 Å². The summed E-state index contributed by atoms with van der Waals surface area (Å²) in [5, 5.41) is 9.46. The lowest BCUT2D eigenvalue weighted by Gasteiger charge is -2.32. The van der Waals surface area contributed by atoms with E-state index in [2.05, 4.69) is 6.92 Å². The Hall–Kier alpha value is -0.850. The van der Waals surface area contributed by atoms with Crippen molar-refractivity contribution in [3.05, 3.63) is 17.1 Å². The molecule has 0 aliphatic heterocycles. The average molecular weight is 315 g/mol. The molecule has 1 aromatic heterocycles. The molecule has 0 bridgehead atoms.